The molecule has 1 atom stereocenters. The molecule has 1 saturated heterocycles. The van der Waals surface area contributed by atoms with Gasteiger partial charge in [-0.1, -0.05) is 10.4 Å². The second-order valence-corrected chi connectivity index (χ2v) is 6.02. The molecule has 9 nitrogen and oxygen atoms in total. The molecule has 0 radical (unpaired) electrons. The van der Waals surface area contributed by atoms with Crippen LogP contribution in [-0.4, -0.2) is 47.8 Å². The van der Waals surface area contributed by atoms with Crippen LogP contribution in [0.15, 0.2) is 35.2 Å². The van der Waals surface area contributed by atoms with Gasteiger partial charge in [0, 0.05) is 12.2 Å². The Morgan fingerprint density at radius 2 is 2.32 bits per heavy atom. The van der Waals surface area contributed by atoms with Gasteiger partial charge in [0.05, 0.1) is 36.2 Å². The monoisotopic (exact) mass is 337 g/mol. The number of rotatable bonds is 4. The standard InChI is InChI=1S/C16H15N7O2/c1-2-11(24-5-1)7-23-8-14(20-22-23)16-19-15(21-25-16)10-3-4-12-13(6-10)18-9-17-12/h3-4,6,8-9,11H,1-2,5,7H2,(H,17,18)/t11-/m1/s1. The molecule has 4 aromatic rings. The molecular formula is C16H15N7O2. The number of H-pyrrole nitrogens is 1. The van der Waals surface area contributed by atoms with Gasteiger partial charge in [-0.05, 0) is 31.0 Å². The fourth-order valence-corrected chi connectivity index (χ4v) is 3.00. The normalized spacial score (nSPS) is 17.5. The molecule has 0 amide bonds. The highest BCUT2D eigenvalue weighted by molar-refractivity contribution is 5.80. The molecule has 126 valence electrons. The Labute approximate surface area is 142 Å². The van der Waals surface area contributed by atoms with Crippen LogP contribution in [0.1, 0.15) is 12.8 Å². The molecule has 0 bridgehead atoms. The predicted octanol–water partition coefficient (Wildman–Crippen LogP) is 2.05. The van der Waals surface area contributed by atoms with Crippen LogP contribution in [0, 0.1) is 0 Å². The average Bonchev–Trinajstić information content (AvgIpc) is 3.41. The van der Waals surface area contributed by atoms with E-state index in [0.29, 0.717) is 24.0 Å². The van der Waals surface area contributed by atoms with Gasteiger partial charge in [0.1, 0.15) is 0 Å². The lowest BCUT2D eigenvalue weighted by atomic mass is 10.2. The zero-order valence-corrected chi connectivity index (χ0v) is 13.3. The Morgan fingerprint density at radius 1 is 1.32 bits per heavy atom. The van der Waals surface area contributed by atoms with Gasteiger partial charge in [0.25, 0.3) is 5.89 Å². The number of hydrogen-bond donors (Lipinski definition) is 1. The van der Waals surface area contributed by atoms with E-state index in [9.17, 15) is 0 Å². The van der Waals surface area contributed by atoms with Gasteiger partial charge in [-0.15, -0.1) is 5.10 Å². The van der Waals surface area contributed by atoms with Gasteiger partial charge in [-0.2, -0.15) is 4.98 Å². The topological polar surface area (TPSA) is 108 Å². The van der Waals surface area contributed by atoms with E-state index >= 15 is 0 Å². The van der Waals surface area contributed by atoms with E-state index < -0.39 is 0 Å². The van der Waals surface area contributed by atoms with E-state index in [4.69, 9.17) is 9.26 Å². The maximum absolute atomic E-state index is 5.61. The highest BCUT2D eigenvalue weighted by atomic mass is 16.5. The summed E-state index contributed by atoms with van der Waals surface area (Å²) in [4.78, 5) is 11.7. The van der Waals surface area contributed by atoms with Crippen molar-refractivity contribution in [2.45, 2.75) is 25.5 Å². The highest BCUT2D eigenvalue weighted by Gasteiger charge is 2.19. The fraction of sp³-hybridized carbons (Fsp3) is 0.312. The Bertz CT molecular complexity index is 1010. The molecule has 25 heavy (non-hydrogen) atoms. The summed E-state index contributed by atoms with van der Waals surface area (Å²) >= 11 is 0. The van der Waals surface area contributed by atoms with Crippen molar-refractivity contribution in [3.05, 3.63) is 30.7 Å². The van der Waals surface area contributed by atoms with Crippen LogP contribution < -0.4 is 0 Å². The summed E-state index contributed by atoms with van der Waals surface area (Å²) in [5, 5.41) is 12.3. The third-order valence-corrected chi connectivity index (χ3v) is 4.28. The first-order valence-corrected chi connectivity index (χ1v) is 8.14. The number of nitrogens with one attached hydrogen (secondary N) is 1. The fourth-order valence-electron chi connectivity index (χ4n) is 3.00. The molecule has 1 N–H and O–H groups in total. The van der Waals surface area contributed by atoms with E-state index in [1.807, 2.05) is 18.2 Å². The number of aromatic nitrogens is 7. The van der Waals surface area contributed by atoms with E-state index in [0.717, 1.165) is 36.0 Å². The van der Waals surface area contributed by atoms with Gasteiger partial charge in [0.15, 0.2) is 5.69 Å². The molecule has 0 spiro atoms. The number of benzene rings is 1. The highest BCUT2D eigenvalue weighted by Crippen LogP contribution is 2.23. The minimum absolute atomic E-state index is 0.203. The summed E-state index contributed by atoms with van der Waals surface area (Å²) in [5.74, 6) is 0.846. The van der Waals surface area contributed by atoms with Gasteiger partial charge < -0.3 is 14.2 Å². The predicted molar refractivity (Wildman–Crippen MR) is 87.4 cm³/mol. The van der Waals surface area contributed by atoms with Crippen LogP contribution >= 0.6 is 0 Å². The maximum atomic E-state index is 5.61. The zero-order valence-electron chi connectivity index (χ0n) is 13.3. The van der Waals surface area contributed by atoms with Crippen LogP contribution in [-0.2, 0) is 11.3 Å². The molecule has 4 heterocycles. The lowest BCUT2D eigenvalue weighted by molar-refractivity contribution is 0.0935. The molecule has 1 aromatic carbocycles. The SMILES string of the molecule is c1nc2ccc(-c3noc(-c4cn(C[C@H]5CCCO5)nn4)n3)cc2[nH]1. The molecule has 3 aromatic heterocycles. The molecule has 1 aliphatic heterocycles. The second-order valence-electron chi connectivity index (χ2n) is 6.02. The number of ether oxygens (including phenoxy) is 1. The van der Waals surface area contributed by atoms with Crippen molar-refractivity contribution in [3.8, 4) is 23.0 Å². The number of fused-ring (bicyclic) bond motifs is 1. The second kappa shape index (κ2) is 5.78. The molecule has 0 saturated carbocycles. The number of aromatic amines is 1. The van der Waals surface area contributed by atoms with Crippen molar-refractivity contribution in [1.82, 2.24) is 35.1 Å². The van der Waals surface area contributed by atoms with Crippen molar-refractivity contribution >= 4 is 11.0 Å². The minimum Gasteiger partial charge on any atom is -0.376 e. The molecule has 9 heteroatoms. The van der Waals surface area contributed by atoms with Crippen LogP contribution in [0.5, 0.6) is 0 Å². The van der Waals surface area contributed by atoms with Gasteiger partial charge >= 0.3 is 0 Å². The summed E-state index contributed by atoms with van der Waals surface area (Å²) in [6.45, 7) is 1.50. The number of nitrogens with zero attached hydrogens (tertiary/aromatic N) is 6. The molecule has 0 aliphatic carbocycles. The first-order valence-electron chi connectivity index (χ1n) is 8.14. The summed E-state index contributed by atoms with van der Waals surface area (Å²) in [6.07, 6.45) is 5.81. The van der Waals surface area contributed by atoms with Crippen LogP contribution in [0.2, 0.25) is 0 Å². The average molecular weight is 337 g/mol. The maximum Gasteiger partial charge on any atom is 0.280 e. The van der Waals surface area contributed by atoms with Crippen molar-refractivity contribution in [1.29, 1.82) is 0 Å². The van der Waals surface area contributed by atoms with E-state index in [-0.39, 0.29) is 6.10 Å². The van der Waals surface area contributed by atoms with Crippen molar-refractivity contribution in [2.75, 3.05) is 6.61 Å². The van der Waals surface area contributed by atoms with Crippen molar-refractivity contribution < 1.29 is 9.26 Å². The summed E-state index contributed by atoms with van der Waals surface area (Å²) in [5.41, 5.74) is 3.22. The van der Waals surface area contributed by atoms with Crippen LogP contribution in [0.25, 0.3) is 34.0 Å². The lowest BCUT2D eigenvalue weighted by Gasteiger charge is -2.07. The molecule has 0 unspecified atom stereocenters. The van der Waals surface area contributed by atoms with Crippen LogP contribution in [0.4, 0.5) is 0 Å². The van der Waals surface area contributed by atoms with E-state index in [1.165, 1.54) is 0 Å². The molecular weight excluding hydrogens is 322 g/mol. The largest absolute Gasteiger partial charge is 0.376 e. The van der Waals surface area contributed by atoms with Crippen LogP contribution in [0.3, 0.4) is 0 Å². The quantitative estimate of drug-likeness (QED) is 0.607. The smallest absolute Gasteiger partial charge is 0.280 e. The third-order valence-electron chi connectivity index (χ3n) is 4.28. The molecule has 5 rings (SSSR count). The van der Waals surface area contributed by atoms with Crippen molar-refractivity contribution in [3.63, 3.8) is 0 Å². The van der Waals surface area contributed by atoms with Gasteiger partial charge in [0.2, 0.25) is 5.82 Å². The first-order chi connectivity index (χ1) is 12.3. The number of hydrogen-bond acceptors (Lipinski definition) is 7. The van der Waals surface area contributed by atoms with E-state index in [1.54, 1.807) is 17.2 Å². The summed E-state index contributed by atoms with van der Waals surface area (Å²) < 4.78 is 12.7. The van der Waals surface area contributed by atoms with Gasteiger partial charge in [-0.3, -0.25) is 0 Å². The Kier molecular flexibility index (Phi) is 3.30. The molecule has 1 fully saturated rings. The molecule has 1 aliphatic rings. The Balaban J connectivity index is 1.39. The Morgan fingerprint density at radius 3 is 3.24 bits per heavy atom. The van der Waals surface area contributed by atoms with Crippen molar-refractivity contribution in [2.24, 2.45) is 0 Å². The Hall–Kier alpha value is -3.07. The number of imidazole rings is 1. The summed E-state index contributed by atoms with van der Waals surface area (Å²) in [6, 6.07) is 5.76. The van der Waals surface area contributed by atoms with E-state index in [2.05, 4.69) is 30.4 Å². The minimum atomic E-state index is 0.203. The zero-order chi connectivity index (χ0) is 16.6. The lowest BCUT2D eigenvalue weighted by Crippen LogP contribution is -2.15. The first kappa shape index (κ1) is 14.3. The summed E-state index contributed by atoms with van der Waals surface area (Å²) in [7, 11) is 0. The van der Waals surface area contributed by atoms with Gasteiger partial charge in [-0.25, -0.2) is 9.67 Å². The third kappa shape index (κ3) is 2.68.